The molecule has 2 aliphatic rings. The Morgan fingerprint density at radius 1 is 1.12 bits per heavy atom. The average Bonchev–Trinajstić information content (AvgIpc) is 2.69. The van der Waals surface area contributed by atoms with Crippen LogP contribution < -0.4 is 5.32 Å². The van der Waals surface area contributed by atoms with Gasteiger partial charge in [-0.15, -0.1) is 0 Å². The zero-order valence-electron chi connectivity index (χ0n) is 15.5. The molecule has 0 unspecified atom stereocenters. The first-order chi connectivity index (χ1) is 12.7. The minimum atomic E-state index is -0.197. The molecule has 2 fully saturated rings. The number of rotatable bonds is 4. The van der Waals surface area contributed by atoms with Crippen molar-refractivity contribution in [3.63, 3.8) is 0 Å². The van der Waals surface area contributed by atoms with Crippen LogP contribution in [0.5, 0.6) is 0 Å². The molecule has 0 saturated carbocycles. The molecule has 0 aliphatic carbocycles. The predicted molar refractivity (Wildman–Crippen MR) is 100 cm³/mol. The number of hydrogen-bond acceptors (Lipinski definition) is 4. The van der Waals surface area contributed by atoms with Crippen molar-refractivity contribution >= 4 is 12.0 Å². The molecule has 142 valence electrons. The maximum absolute atomic E-state index is 12.4. The van der Waals surface area contributed by atoms with E-state index in [1.165, 1.54) is 0 Å². The summed E-state index contributed by atoms with van der Waals surface area (Å²) in [6, 6.07) is 10.1. The van der Waals surface area contributed by atoms with Crippen LogP contribution in [0.3, 0.4) is 0 Å². The van der Waals surface area contributed by atoms with Gasteiger partial charge in [-0.25, -0.2) is 4.79 Å². The van der Waals surface area contributed by atoms with Gasteiger partial charge in [0.15, 0.2) is 0 Å². The molecule has 2 aliphatic heterocycles. The Bertz CT molecular complexity index is 600. The van der Waals surface area contributed by atoms with Crippen LogP contribution in [0.25, 0.3) is 0 Å². The van der Waals surface area contributed by atoms with Gasteiger partial charge in [-0.2, -0.15) is 0 Å². The van der Waals surface area contributed by atoms with Crippen molar-refractivity contribution < 1.29 is 14.3 Å². The quantitative estimate of drug-likeness (QED) is 0.897. The molecular weight excluding hydrogens is 330 g/mol. The molecule has 0 spiro atoms. The highest BCUT2D eigenvalue weighted by atomic mass is 16.6. The van der Waals surface area contributed by atoms with Crippen LogP contribution in [0.1, 0.15) is 43.0 Å². The minimum Gasteiger partial charge on any atom is -0.450 e. The SMILES string of the molecule is CCOC(=O)N1CCC(N2CCC[C@H](NC(=O)c3ccccc3)C2)CC1. The van der Waals surface area contributed by atoms with Gasteiger partial charge in [-0.05, 0) is 51.3 Å². The number of nitrogens with one attached hydrogen (secondary N) is 1. The van der Waals surface area contributed by atoms with E-state index in [0.717, 1.165) is 51.9 Å². The van der Waals surface area contributed by atoms with E-state index in [4.69, 9.17) is 4.74 Å². The van der Waals surface area contributed by atoms with Crippen LogP contribution in [0.15, 0.2) is 30.3 Å². The lowest BCUT2D eigenvalue weighted by atomic mass is 9.98. The number of nitrogens with zero attached hydrogens (tertiary/aromatic N) is 2. The number of carbonyl (C=O) groups excluding carboxylic acids is 2. The second kappa shape index (κ2) is 9.03. The van der Waals surface area contributed by atoms with Gasteiger partial charge in [0.05, 0.1) is 6.61 Å². The van der Waals surface area contributed by atoms with Crippen molar-refractivity contribution in [1.29, 1.82) is 0 Å². The first-order valence-corrected chi connectivity index (χ1v) is 9.69. The van der Waals surface area contributed by atoms with Gasteiger partial charge in [-0.3, -0.25) is 9.69 Å². The Morgan fingerprint density at radius 2 is 1.85 bits per heavy atom. The summed E-state index contributed by atoms with van der Waals surface area (Å²) in [5.74, 6) is 0.00887. The third kappa shape index (κ3) is 4.75. The Kier molecular flexibility index (Phi) is 6.50. The fourth-order valence-electron chi connectivity index (χ4n) is 3.94. The third-order valence-electron chi connectivity index (χ3n) is 5.33. The zero-order chi connectivity index (χ0) is 18.4. The Labute approximate surface area is 155 Å². The maximum atomic E-state index is 12.4. The van der Waals surface area contributed by atoms with E-state index in [-0.39, 0.29) is 18.0 Å². The van der Waals surface area contributed by atoms with Crippen molar-refractivity contribution in [2.75, 3.05) is 32.8 Å². The number of piperidine rings is 2. The lowest BCUT2D eigenvalue weighted by molar-refractivity contribution is 0.0601. The number of carbonyl (C=O) groups is 2. The summed E-state index contributed by atoms with van der Waals surface area (Å²) >= 11 is 0. The molecule has 1 aromatic rings. The summed E-state index contributed by atoms with van der Waals surface area (Å²) in [6.07, 6.45) is 3.86. The van der Waals surface area contributed by atoms with Crippen LogP contribution >= 0.6 is 0 Å². The molecule has 1 atom stereocenters. The molecule has 2 saturated heterocycles. The lowest BCUT2D eigenvalue weighted by Gasteiger charge is -2.42. The molecule has 2 heterocycles. The summed E-state index contributed by atoms with van der Waals surface area (Å²) in [4.78, 5) is 28.5. The summed E-state index contributed by atoms with van der Waals surface area (Å²) in [5.41, 5.74) is 0.715. The number of benzene rings is 1. The molecule has 6 heteroatoms. The smallest absolute Gasteiger partial charge is 0.409 e. The molecule has 1 aromatic carbocycles. The van der Waals surface area contributed by atoms with Crippen molar-refractivity contribution in [3.8, 4) is 0 Å². The Balaban J connectivity index is 1.48. The van der Waals surface area contributed by atoms with Crippen molar-refractivity contribution in [3.05, 3.63) is 35.9 Å². The van der Waals surface area contributed by atoms with E-state index >= 15 is 0 Å². The van der Waals surface area contributed by atoms with Gasteiger partial charge in [0, 0.05) is 37.3 Å². The van der Waals surface area contributed by atoms with Gasteiger partial charge in [-0.1, -0.05) is 18.2 Å². The molecule has 0 aromatic heterocycles. The van der Waals surface area contributed by atoms with Crippen molar-refractivity contribution in [2.45, 2.75) is 44.7 Å². The van der Waals surface area contributed by atoms with Crippen molar-refractivity contribution in [2.24, 2.45) is 0 Å². The third-order valence-corrected chi connectivity index (χ3v) is 5.33. The van der Waals surface area contributed by atoms with Gasteiger partial charge in [0.1, 0.15) is 0 Å². The Hall–Kier alpha value is -2.08. The van der Waals surface area contributed by atoms with E-state index in [1.54, 1.807) is 4.90 Å². The molecule has 0 bridgehead atoms. The summed E-state index contributed by atoms with van der Waals surface area (Å²) in [6.45, 7) is 5.72. The summed E-state index contributed by atoms with van der Waals surface area (Å²) in [7, 11) is 0. The average molecular weight is 359 g/mol. The van der Waals surface area contributed by atoms with Crippen LogP contribution in [0.4, 0.5) is 4.79 Å². The molecule has 1 N–H and O–H groups in total. The van der Waals surface area contributed by atoms with Gasteiger partial charge >= 0.3 is 6.09 Å². The van der Waals surface area contributed by atoms with E-state index in [0.29, 0.717) is 18.2 Å². The van der Waals surface area contributed by atoms with Crippen molar-refractivity contribution in [1.82, 2.24) is 15.1 Å². The molecule has 2 amide bonds. The minimum absolute atomic E-state index is 0.00887. The normalized spacial score (nSPS) is 22.0. The van der Waals surface area contributed by atoms with Gasteiger partial charge in [0.2, 0.25) is 0 Å². The zero-order valence-corrected chi connectivity index (χ0v) is 15.5. The van der Waals surface area contributed by atoms with Gasteiger partial charge in [0.25, 0.3) is 5.91 Å². The predicted octanol–water partition coefficient (Wildman–Crippen LogP) is 2.50. The number of hydrogen-bond donors (Lipinski definition) is 1. The summed E-state index contributed by atoms with van der Waals surface area (Å²) < 4.78 is 5.09. The first-order valence-electron chi connectivity index (χ1n) is 9.69. The van der Waals surface area contributed by atoms with Crippen LogP contribution in [0, 0.1) is 0 Å². The standard InChI is InChI=1S/C20H29N3O3/c1-2-26-20(25)22-13-10-18(11-14-22)23-12-6-9-17(15-23)21-19(24)16-7-4-3-5-8-16/h3-5,7-8,17-18H,2,6,9-15H2,1H3,(H,21,24)/t17-/m0/s1. The van der Waals surface area contributed by atoms with E-state index < -0.39 is 0 Å². The van der Waals surface area contributed by atoms with Crippen LogP contribution in [-0.2, 0) is 4.74 Å². The summed E-state index contributed by atoms with van der Waals surface area (Å²) in [5, 5.41) is 3.18. The largest absolute Gasteiger partial charge is 0.450 e. The number of amides is 2. The van der Waals surface area contributed by atoms with E-state index in [9.17, 15) is 9.59 Å². The molecule has 26 heavy (non-hydrogen) atoms. The fourth-order valence-corrected chi connectivity index (χ4v) is 3.94. The molecule has 0 radical (unpaired) electrons. The number of likely N-dealkylation sites (tertiary alicyclic amines) is 2. The van der Waals surface area contributed by atoms with E-state index in [2.05, 4.69) is 10.2 Å². The fraction of sp³-hybridized carbons (Fsp3) is 0.600. The Morgan fingerprint density at radius 3 is 2.54 bits per heavy atom. The highest BCUT2D eigenvalue weighted by Crippen LogP contribution is 2.21. The highest BCUT2D eigenvalue weighted by Gasteiger charge is 2.31. The van der Waals surface area contributed by atoms with Crippen LogP contribution in [0.2, 0.25) is 0 Å². The molecule has 3 rings (SSSR count). The second-order valence-electron chi connectivity index (χ2n) is 7.09. The molecular formula is C20H29N3O3. The molecule has 6 nitrogen and oxygen atoms in total. The maximum Gasteiger partial charge on any atom is 0.409 e. The second-order valence-corrected chi connectivity index (χ2v) is 7.09. The highest BCUT2D eigenvalue weighted by molar-refractivity contribution is 5.94. The van der Waals surface area contributed by atoms with Gasteiger partial charge < -0.3 is 15.0 Å². The monoisotopic (exact) mass is 359 g/mol. The first kappa shape index (κ1) is 18.7. The number of ether oxygens (including phenoxy) is 1. The topological polar surface area (TPSA) is 61.9 Å². The van der Waals surface area contributed by atoms with E-state index in [1.807, 2.05) is 37.3 Å². The van der Waals surface area contributed by atoms with Crippen LogP contribution in [-0.4, -0.2) is 66.7 Å². The lowest BCUT2D eigenvalue weighted by Crippen LogP contribution is -2.54.